The van der Waals surface area contributed by atoms with Crippen LogP contribution in [-0.4, -0.2) is 34.3 Å². The van der Waals surface area contributed by atoms with Gasteiger partial charge in [-0.1, -0.05) is 0 Å². The van der Waals surface area contributed by atoms with E-state index in [0.717, 1.165) is 31.6 Å². The molecule has 1 aromatic carbocycles. The second-order valence-corrected chi connectivity index (χ2v) is 6.13. The number of piperidine rings is 1. The van der Waals surface area contributed by atoms with E-state index in [1.54, 1.807) is 12.1 Å². The second-order valence-electron chi connectivity index (χ2n) is 6.13. The van der Waals surface area contributed by atoms with Gasteiger partial charge in [0, 0.05) is 31.3 Å². The topological polar surface area (TPSA) is 87.1 Å². The van der Waals surface area contributed by atoms with Crippen molar-refractivity contribution < 1.29 is 8.81 Å². The molecular weight excluding hydrogens is 325 g/mol. The van der Waals surface area contributed by atoms with E-state index < -0.39 is 0 Å². The van der Waals surface area contributed by atoms with Gasteiger partial charge < -0.3 is 14.6 Å². The highest BCUT2D eigenvalue weighted by Crippen LogP contribution is 2.24. The number of halogens is 1. The third-order valence-corrected chi connectivity index (χ3v) is 4.42. The number of nitrogens with zero attached hydrogens (tertiary/aromatic N) is 3. The lowest BCUT2D eigenvalue weighted by molar-refractivity contribution is 0.463. The lowest BCUT2D eigenvalue weighted by Crippen LogP contribution is -2.44. The van der Waals surface area contributed by atoms with Crippen molar-refractivity contribution in [3.8, 4) is 0 Å². The molecule has 1 aliphatic rings. The van der Waals surface area contributed by atoms with Crippen molar-refractivity contribution in [3.63, 3.8) is 0 Å². The lowest BCUT2D eigenvalue weighted by Gasteiger charge is -2.36. The van der Waals surface area contributed by atoms with E-state index >= 15 is 0 Å². The molecule has 0 radical (unpaired) electrons. The van der Waals surface area contributed by atoms with Crippen molar-refractivity contribution in [2.75, 3.05) is 23.3 Å². The van der Waals surface area contributed by atoms with Gasteiger partial charge in [0.1, 0.15) is 17.2 Å². The molecule has 0 amide bonds. The van der Waals surface area contributed by atoms with Crippen molar-refractivity contribution in [2.45, 2.75) is 25.3 Å². The number of rotatable bonds is 4. The van der Waals surface area contributed by atoms with Crippen LogP contribution in [0.15, 0.2) is 39.5 Å². The normalized spacial score (nSPS) is 17.8. The smallest absolute Gasteiger partial charge is 0.295 e. The number of aromatic amines is 1. The molecule has 1 aliphatic heterocycles. The molecule has 0 saturated carbocycles. The third-order valence-electron chi connectivity index (χ3n) is 4.42. The number of nitrogens with one attached hydrogen (secondary N) is 2. The third kappa shape index (κ3) is 3.33. The number of H-pyrrole nitrogens is 1. The molecule has 1 unspecified atom stereocenters. The minimum absolute atomic E-state index is 0.207. The number of hydrogen-bond acceptors (Lipinski definition) is 6. The molecule has 0 aliphatic carbocycles. The van der Waals surface area contributed by atoms with Crippen LogP contribution in [0.5, 0.6) is 0 Å². The molecule has 8 heteroatoms. The first-order valence-electron chi connectivity index (χ1n) is 8.31. The van der Waals surface area contributed by atoms with Crippen LogP contribution < -0.4 is 15.8 Å². The molecule has 2 N–H and O–H groups in total. The fourth-order valence-corrected chi connectivity index (χ4v) is 3.19. The van der Waals surface area contributed by atoms with E-state index in [1.807, 2.05) is 0 Å². The monoisotopic (exact) mass is 343 g/mol. The quantitative estimate of drug-likeness (QED) is 0.757. The molecule has 0 bridgehead atoms. The van der Waals surface area contributed by atoms with Gasteiger partial charge in [0.25, 0.3) is 11.6 Å². The Morgan fingerprint density at radius 1 is 1.32 bits per heavy atom. The zero-order valence-electron chi connectivity index (χ0n) is 13.5. The molecule has 1 atom stereocenters. The van der Waals surface area contributed by atoms with E-state index in [1.165, 1.54) is 18.2 Å². The number of oxazole rings is 1. The maximum Gasteiger partial charge on any atom is 0.295 e. The Morgan fingerprint density at radius 2 is 2.24 bits per heavy atom. The Labute approximate surface area is 142 Å². The Balaban J connectivity index is 1.49. The van der Waals surface area contributed by atoms with Crippen LogP contribution in [0.25, 0.3) is 11.1 Å². The predicted octanol–water partition coefficient (Wildman–Crippen LogP) is 2.52. The summed E-state index contributed by atoms with van der Waals surface area (Å²) in [5.41, 5.74) is 0.825. The Kier molecular flexibility index (Phi) is 4.09. The summed E-state index contributed by atoms with van der Waals surface area (Å²) in [6.45, 7) is 1.50. The van der Waals surface area contributed by atoms with Gasteiger partial charge in [-0.05, 0) is 37.5 Å². The fourth-order valence-electron chi connectivity index (χ4n) is 3.19. The first-order valence-corrected chi connectivity index (χ1v) is 8.31. The average Bonchev–Trinajstić information content (AvgIpc) is 3.03. The Bertz CT molecular complexity index is 918. The first-order chi connectivity index (χ1) is 12.2. The van der Waals surface area contributed by atoms with Crippen LogP contribution in [0.2, 0.25) is 0 Å². The van der Waals surface area contributed by atoms with Crippen LogP contribution in [-0.2, 0) is 0 Å². The second kappa shape index (κ2) is 6.54. The Hall–Kier alpha value is -2.90. The van der Waals surface area contributed by atoms with Crippen LogP contribution in [0.1, 0.15) is 19.3 Å². The van der Waals surface area contributed by atoms with Crippen molar-refractivity contribution in [3.05, 3.63) is 46.5 Å². The molecule has 0 spiro atoms. The molecule has 2 aromatic heterocycles. The minimum atomic E-state index is -0.338. The molecule has 3 heterocycles. The van der Waals surface area contributed by atoms with Crippen LogP contribution >= 0.6 is 0 Å². The molecule has 1 fully saturated rings. The average molecular weight is 343 g/mol. The number of aromatic nitrogens is 3. The van der Waals surface area contributed by atoms with Gasteiger partial charge in [-0.2, -0.15) is 10.1 Å². The summed E-state index contributed by atoms with van der Waals surface area (Å²) in [5, 5.41) is 9.80. The Morgan fingerprint density at radius 3 is 3.08 bits per heavy atom. The highest BCUT2D eigenvalue weighted by Gasteiger charge is 2.24. The van der Waals surface area contributed by atoms with E-state index in [2.05, 4.69) is 25.4 Å². The van der Waals surface area contributed by atoms with Gasteiger partial charge in [0.05, 0.1) is 0 Å². The summed E-state index contributed by atoms with van der Waals surface area (Å²) < 4.78 is 18.8. The minimum Gasteiger partial charge on any atom is -0.424 e. The molecule has 7 nitrogen and oxygen atoms in total. The largest absolute Gasteiger partial charge is 0.424 e. The summed E-state index contributed by atoms with van der Waals surface area (Å²) >= 11 is 0. The molecule has 4 rings (SSSR count). The number of hydrogen-bond donors (Lipinski definition) is 2. The maximum absolute atomic E-state index is 13.2. The molecular formula is C17H18FN5O2. The summed E-state index contributed by atoms with van der Waals surface area (Å²) in [6, 6.07) is 8.07. The zero-order chi connectivity index (χ0) is 17.2. The van der Waals surface area contributed by atoms with Crippen LogP contribution in [0, 0.1) is 5.82 Å². The SMILES string of the molecule is O=c1ccc(N2CCCCC2CNc2nc3cc(F)ccc3o2)n[nH]1. The van der Waals surface area contributed by atoms with Gasteiger partial charge in [0.15, 0.2) is 5.58 Å². The summed E-state index contributed by atoms with van der Waals surface area (Å²) in [7, 11) is 0. The highest BCUT2D eigenvalue weighted by atomic mass is 19.1. The van der Waals surface area contributed by atoms with Gasteiger partial charge in [-0.15, -0.1) is 0 Å². The number of benzene rings is 1. The maximum atomic E-state index is 13.2. The van der Waals surface area contributed by atoms with Crippen LogP contribution in [0.4, 0.5) is 16.2 Å². The standard InChI is InChI=1S/C17H18FN5O2/c18-11-4-5-14-13(9-11)20-17(25-14)19-10-12-3-1-2-8-23(12)15-6-7-16(24)22-21-15/h4-7,9,12H,1-3,8,10H2,(H,19,20)(H,22,24). The molecule has 3 aromatic rings. The van der Waals surface area contributed by atoms with Gasteiger partial charge >= 0.3 is 0 Å². The number of fused-ring (bicyclic) bond motifs is 1. The summed E-state index contributed by atoms with van der Waals surface area (Å²) in [5.74, 6) is 0.417. The lowest BCUT2D eigenvalue weighted by atomic mass is 10.0. The molecule has 1 saturated heterocycles. The molecule has 25 heavy (non-hydrogen) atoms. The van der Waals surface area contributed by atoms with Gasteiger partial charge in [0.2, 0.25) is 0 Å². The predicted molar refractivity (Wildman–Crippen MR) is 92.3 cm³/mol. The van der Waals surface area contributed by atoms with Gasteiger partial charge in [-0.25, -0.2) is 9.49 Å². The van der Waals surface area contributed by atoms with Crippen molar-refractivity contribution in [2.24, 2.45) is 0 Å². The van der Waals surface area contributed by atoms with Gasteiger partial charge in [-0.3, -0.25) is 4.79 Å². The molecule has 130 valence electrons. The van der Waals surface area contributed by atoms with E-state index in [0.29, 0.717) is 23.7 Å². The highest BCUT2D eigenvalue weighted by molar-refractivity contribution is 5.74. The number of anilines is 2. The summed E-state index contributed by atoms with van der Waals surface area (Å²) in [4.78, 5) is 17.7. The van der Waals surface area contributed by atoms with Crippen molar-refractivity contribution in [1.82, 2.24) is 15.2 Å². The zero-order valence-corrected chi connectivity index (χ0v) is 13.5. The van der Waals surface area contributed by atoms with Crippen molar-refractivity contribution in [1.29, 1.82) is 0 Å². The first kappa shape index (κ1) is 15.6. The van der Waals surface area contributed by atoms with Crippen molar-refractivity contribution >= 4 is 22.9 Å². The van der Waals surface area contributed by atoms with E-state index in [-0.39, 0.29) is 17.4 Å². The van der Waals surface area contributed by atoms with Crippen LogP contribution in [0.3, 0.4) is 0 Å². The van der Waals surface area contributed by atoms with E-state index in [9.17, 15) is 9.18 Å². The fraction of sp³-hybridized carbons (Fsp3) is 0.353. The van der Waals surface area contributed by atoms with E-state index in [4.69, 9.17) is 4.42 Å². The summed E-state index contributed by atoms with van der Waals surface area (Å²) in [6.07, 6.45) is 3.22.